The first kappa shape index (κ1) is 14.5. The molecule has 0 spiro atoms. The molecule has 0 atom stereocenters. The van der Waals surface area contributed by atoms with Crippen LogP contribution in [0.1, 0.15) is 16.8 Å². The van der Waals surface area contributed by atoms with Gasteiger partial charge < -0.3 is 14.9 Å². The maximum absolute atomic E-state index is 11.1. The normalized spacial score (nSPS) is 10.6. The number of nitro groups is 1. The Morgan fingerprint density at radius 1 is 1.50 bits per heavy atom. The number of hydrogen-bond acceptors (Lipinski definition) is 4. The monoisotopic (exact) mass is 339 g/mol. The van der Waals surface area contributed by atoms with Crippen molar-refractivity contribution in [3.8, 4) is 5.75 Å². The van der Waals surface area contributed by atoms with Gasteiger partial charge in [-0.05, 0) is 22.6 Å². The summed E-state index contributed by atoms with van der Waals surface area (Å²) in [7, 11) is 3.19. The highest BCUT2D eigenvalue weighted by molar-refractivity contribution is 9.08. The van der Waals surface area contributed by atoms with Crippen molar-refractivity contribution in [2.24, 2.45) is 7.05 Å². The van der Waals surface area contributed by atoms with Gasteiger partial charge in [-0.1, -0.05) is 33.2 Å². The molecule has 0 radical (unpaired) electrons. The first-order valence-electron chi connectivity index (χ1n) is 5.94. The minimum atomic E-state index is -0.404. The van der Waals surface area contributed by atoms with Crippen molar-refractivity contribution in [2.75, 3.05) is 7.11 Å². The number of nitrogens with zero attached hydrogens (tertiary/aromatic N) is 3. The average Bonchev–Trinajstić information content (AvgIpc) is 2.74. The number of methoxy groups -OCH3 is 1. The molecule has 20 heavy (non-hydrogen) atoms. The van der Waals surface area contributed by atoms with Crippen molar-refractivity contribution in [3.05, 3.63) is 51.2 Å². The molecule has 0 amide bonds. The Morgan fingerprint density at radius 2 is 2.25 bits per heavy atom. The third-order valence-corrected chi connectivity index (χ3v) is 3.57. The molecule has 1 heterocycles. The average molecular weight is 340 g/mol. The van der Waals surface area contributed by atoms with Crippen LogP contribution in [0, 0.1) is 10.1 Å². The molecule has 0 aliphatic rings. The fraction of sp³-hybridized carbons (Fsp3) is 0.308. The Hall–Kier alpha value is -1.89. The topological polar surface area (TPSA) is 70.2 Å². The van der Waals surface area contributed by atoms with Crippen LogP contribution < -0.4 is 4.74 Å². The highest BCUT2D eigenvalue weighted by Gasteiger charge is 2.24. The minimum Gasteiger partial charge on any atom is -0.497 e. The molecule has 0 N–H and O–H groups in total. The van der Waals surface area contributed by atoms with Crippen molar-refractivity contribution in [2.45, 2.75) is 11.8 Å². The summed E-state index contributed by atoms with van der Waals surface area (Å²) in [4.78, 5) is 10.7. The number of ether oxygens (including phenoxy) is 1. The highest BCUT2D eigenvalue weighted by atomic mass is 79.9. The van der Waals surface area contributed by atoms with Crippen LogP contribution in [-0.4, -0.2) is 21.8 Å². The van der Waals surface area contributed by atoms with Gasteiger partial charge in [0.1, 0.15) is 18.5 Å². The summed E-state index contributed by atoms with van der Waals surface area (Å²) in [5.74, 6) is 0.785. The molecule has 0 saturated heterocycles. The van der Waals surface area contributed by atoms with E-state index in [1.54, 1.807) is 14.2 Å². The number of rotatable bonds is 5. The minimum absolute atomic E-state index is 0.0276. The number of halogens is 1. The highest BCUT2D eigenvalue weighted by Crippen LogP contribution is 2.26. The molecule has 0 bridgehead atoms. The smallest absolute Gasteiger partial charge is 0.348 e. The van der Waals surface area contributed by atoms with Crippen molar-refractivity contribution in [1.82, 2.24) is 9.78 Å². The third kappa shape index (κ3) is 2.82. The van der Waals surface area contributed by atoms with Gasteiger partial charge >= 0.3 is 5.82 Å². The zero-order chi connectivity index (χ0) is 14.7. The summed E-state index contributed by atoms with van der Waals surface area (Å²) in [6.07, 6.45) is 0.528. The van der Waals surface area contributed by atoms with Crippen molar-refractivity contribution >= 4 is 21.7 Å². The molecular formula is C13H14BrN3O3. The molecule has 0 saturated carbocycles. The summed E-state index contributed by atoms with van der Waals surface area (Å²) >= 11 is 3.30. The van der Waals surface area contributed by atoms with Crippen LogP contribution >= 0.6 is 15.9 Å². The van der Waals surface area contributed by atoms with Gasteiger partial charge in [0.15, 0.2) is 0 Å². The quantitative estimate of drug-likeness (QED) is 0.477. The van der Waals surface area contributed by atoms with Gasteiger partial charge in [-0.25, -0.2) is 0 Å². The predicted molar refractivity (Wildman–Crippen MR) is 78.3 cm³/mol. The van der Waals surface area contributed by atoms with E-state index in [1.807, 2.05) is 24.3 Å². The number of aromatic nitrogens is 2. The lowest BCUT2D eigenvalue weighted by Gasteiger charge is -2.03. The Kier molecular flexibility index (Phi) is 4.39. The maximum Gasteiger partial charge on any atom is 0.348 e. The standard InChI is InChI=1S/C13H14BrN3O3/c1-16-13(17(18)19)11(8-14)12(15-16)7-9-4-3-5-10(6-9)20-2/h3-6H,7-8H2,1-2H3. The predicted octanol–water partition coefficient (Wildman–Crippen LogP) is 2.82. The van der Waals surface area contributed by atoms with Gasteiger partial charge in [-0.3, -0.25) is 0 Å². The van der Waals surface area contributed by atoms with Crippen molar-refractivity contribution < 1.29 is 9.66 Å². The lowest BCUT2D eigenvalue weighted by molar-refractivity contribution is -0.392. The second-order valence-corrected chi connectivity index (χ2v) is 4.85. The summed E-state index contributed by atoms with van der Waals surface area (Å²) in [5, 5.41) is 15.7. The Balaban J connectivity index is 2.38. The van der Waals surface area contributed by atoms with E-state index < -0.39 is 4.92 Å². The van der Waals surface area contributed by atoms with Crippen LogP contribution in [0.25, 0.3) is 0 Å². The molecule has 1 aromatic carbocycles. The van der Waals surface area contributed by atoms with Crippen LogP contribution in [0.3, 0.4) is 0 Å². The van der Waals surface area contributed by atoms with E-state index in [0.29, 0.717) is 23.0 Å². The number of hydrogen-bond donors (Lipinski definition) is 0. The largest absolute Gasteiger partial charge is 0.497 e. The second-order valence-electron chi connectivity index (χ2n) is 4.29. The zero-order valence-electron chi connectivity index (χ0n) is 11.2. The van der Waals surface area contributed by atoms with E-state index in [4.69, 9.17) is 4.74 Å². The summed E-state index contributed by atoms with van der Waals surface area (Å²) in [6.45, 7) is 0. The van der Waals surface area contributed by atoms with E-state index in [0.717, 1.165) is 11.3 Å². The molecule has 0 unspecified atom stereocenters. The second kappa shape index (κ2) is 6.04. The van der Waals surface area contributed by atoms with Crippen LogP contribution in [0.2, 0.25) is 0 Å². The Labute approximate surface area is 124 Å². The summed E-state index contributed by atoms with van der Waals surface area (Å²) in [5.41, 5.74) is 2.31. The first-order chi connectivity index (χ1) is 9.56. The van der Waals surface area contributed by atoms with Gasteiger partial charge in [0.2, 0.25) is 0 Å². The van der Waals surface area contributed by atoms with Crippen LogP contribution in [0.15, 0.2) is 24.3 Å². The molecule has 0 fully saturated rings. The lowest BCUT2D eigenvalue weighted by Crippen LogP contribution is -1.99. The van der Waals surface area contributed by atoms with E-state index in [-0.39, 0.29) is 5.82 Å². The fourth-order valence-corrected chi connectivity index (χ4v) is 2.67. The zero-order valence-corrected chi connectivity index (χ0v) is 12.8. The molecular weight excluding hydrogens is 326 g/mol. The van der Waals surface area contributed by atoms with Gasteiger partial charge in [-0.15, -0.1) is 4.68 Å². The number of aryl methyl sites for hydroxylation is 1. The van der Waals surface area contributed by atoms with Crippen molar-refractivity contribution in [3.63, 3.8) is 0 Å². The molecule has 0 aliphatic carbocycles. The molecule has 2 rings (SSSR count). The summed E-state index contributed by atoms with van der Waals surface area (Å²) in [6, 6.07) is 7.59. The molecule has 2 aromatic rings. The Morgan fingerprint density at radius 3 is 2.85 bits per heavy atom. The van der Waals surface area contributed by atoms with Gasteiger partial charge in [-0.2, -0.15) is 0 Å². The molecule has 7 heteroatoms. The molecule has 1 aromatic heterocycles. The summed E-state index contributed by atoms with van der Waals surface area (Å²) < 4.78 is 6.48. The van der Waals surface area contributed by atoms with Crippen LogP contribution in [0.4, 0.5) is 5.82 Å². The van der Waals surface area contributed by atoms with Crippen LogP contribution in [-0.2, 0) is 18.8 Å². The number of benzene rings is 1. The lowest BCUT2D eigenvalue weighted by atomic mass is 10.1. The SMILES string of the molecule is COc1cccc(Cc2nn(C)c([N+](=O)[O-])c2CBr)c1. The molecule has 106 valence electrons. The van der Waals surface area contributed by atoms with E-state index in [2.05, 4.69) is 21.0 Å². The van der Waals surface area contributed by atoms with Gasteiger partial charge in [0, 0.05) is 11.8 Å². The maximum atomic E-state index is 11.1. The Bertz CT molecular complexity index is 640. The van der Waals surface area contributed by atoms with Gasteiger partial charge in [0.25, 0.3) is 0 Å². The van der Waals surface area contributed by atoms with E-state index >= 15 is 0 Å². The molecule has 0 aliphatic heterocycles. The van der Waals surface area contributed by atoms with Crippen LogP contribution in [0.5, 0.6) is 5.75 Å². The third-order valence-electron chi connectivity index (χ3n) is 3.01. The fourth-order valence-electron chi connectivity index (χ4n) is 2.10. The molecule has 6 nitrogen and oxygen atoms in total. The van der Waals surface area contributed by atoms with E-state index in [1.165, 1.54) is 4.68 Å². The van der Waals surface area contributed by atoms with Gasteiger partial charge in [0.05, 0.1) is 12.7 Å². The number of alkyl halides is 1. The first-order valence-corrected chi connectivity index (χ1v) is 7.07. The van der Waals surface area contributed by atoms with E-state index in [9.17, 15) is 10.1 Å². The van der Waals surface area contributed by atoms with Crippen molar-refractivity contribution in [1.29, 1.82) is 0 Å².